The Kier molecular flexibility index (Phi) is 7.00. The number of likely N-dealkylation sites (N-methyl/N-ethyl adjacent to an activating group) is 4. The molecule has 0 aromatic heterocycles. The zero-order chi connectivity index (χ0) is 35.5. The molecule has 51 heavy (non-hydrogen) atoms. The zero-order valence-corrected chi connectivity index (χ0v) is 31.0. The SMILES string of the molecule is CCN1C(=O)[C@@]2(c3ccccc31)N(C)C[C@@H](c1ccc(Br)cc1)[C@@]21SC2=N[C@]3(c4ccccc4)N(C)C(=O)N(C)[C@]3(c3ccccc3)NN2C1=O. The highest BCUT2D eigenvalue weighted by atomic mass is 79.9. The molecule has 4 amide bonds. The lowest BCUT2D eigenvalue weighted by molar-refractivity contribution is -0.145. The fraction of sp³-hybridized carbons (Fsp3) is 0.282. The summed E-state index contributed by atoms with van der Waals surface area (Å²) in [6, 6.07) is 35.1. The van der Waals surface area contributed by atoms with Gasteiger partial charge in [0.05, 0.1) is 0 Å². The zero-order valence-electron chi connectivity index (χ0n) is 28.6. The standard InChI is InChI=1S/C39H36BrN7O3S/c1-5-46-31-19-13-12-18-29(31)36(32(46)48)37(30(24-43(36)2)25-20-22-28(40)23-21-25)33(49)47-34(51-37)41-38(26-14-8-6-9-15-26)39(42-47,27-16-10-7-11-17-27)45(4)35(50)44(38)3/h6-23,30,42H,5,24H2,1-4H3/t30-,36+,37-,38+,39-/m0/s1. The van der Waals surface area contributed by atoms with Crippen LogP contribution in [0.1, 0.15) is 35.1 Å². The maximum atomic E-state index is 16.0. The van der Waals surface area contributed by atoms with E-state index in [0.29, 0.717) is 18.3 Å². The van der Waals surface area contributed by atoms with E-state index in [4.69, 9.17) is 4.99 Å². The predicted octanol–water partition coefficient (Wildman–Crippen LogP) is 5.63. The number of urea groups is 1. The number of carbonyl (C=O) groups excluding carboxylic acids is 3. The summed E-state index contributed by atoms with van der Waals surface area (Å²) in [6.45, 7) is 2.88. The van der Waals surface area contributed by atoms with Crippen molar-refractivity contribution >= 4 is 56.4 Å². The van der Waals surface area contributed by atoms with Crippen molar-refractivity contribution in [1.82, 2.24) is 25.1 Å². The third kappa shape index (κ3) is 3.66. The largest absolute Gasteiger partial charge is 0.323 e. The number of amides is 4. The number of anilines is 1. The number of halogens is 1. The lowest BCUT2D eigenvalue weighted by atomic mass is 9.72. The van der Waals surface area contributed by atoms with Crippen LogP contribution in [0.5, 0.6) is 0 Å². The van der Waals surface area contributed by atoms with Gasteiger partial charge in [-0.3, -0.25) is 24.3 Å². The minimum absolute atomic E-state index is 0.130. The highest BCUT2D eigenvalue weighted by Gasteiger charge is 2.81. The van der Waals surface area contributed by atoms with Crippen molar-refractivity contribution in [1.29, 1.82) is 0 Å². The molecule has 4 aromatic rings. The Morgan fingerprint density at radius 3 is 2.10 bits per heavy atom. The fourth-order valence-corrected chi connectivity index (χ4v) is 11.5. The van der Waals surface area contributed by atoms with Crippen LogP contribution in [-0.2, 0) is 26.5 Å². The van der Waals surface area contributed by atoms with Crippen molar-refractivity contribution in [3.63, 3.8) is 0 Å². The van der Waals surface area contributed by atoms with Crippen LogP contribution < -0.4 is 10.3 Å². The van der Waals surface area contributed by atoms with E-state index in [1.807, 2.05) is 128 Å². The van der Waals surface area contributed by atoms with E-state index >= 15 is 9.59 Å². The quantitative estimate of drug-likeness (QED) is 0.290. The second kappa shape index (κ2) is 11.0. The number of hydrazine groups is 1. The summed E-state index contributed by atoms with van der Waals surface area (Å²) in [5.41, 5.74) is 3.75. The smallest absolute Gasteiger partial charge is 0.310 e. The van der Waals surface area contributed by atoms with Crippen LogP contribution in [0.15, 0.2) is 119 Å². The molecular weight excluding hydrogens is 726 g/mol. The summed E-state index contributed by atoms with van der Waals surface area (Å²) in [5.74, 6) is -0.818. The van der Waals surface area contributed by atoms with E-state index in [1.165, 1.54) is 11.8 Å². The summed E-state index contributed by atoms with van der Waals surface area (Å²) in [5, 5.41) is 1.95. The lowest BCUT2D eigenvalue weighted by Gasteiger charge is -2.51. The molecule has 2 spiro atoms. The first-order chi connectivity index (χ1) is 24.6. The van der Waals surface area contributed by atoms with E-state index in [-0.39, 0.29) is 17.8 Å². The van der Waals surface area contributed by atoms with E-state index < -0.39 is 27.5 Å². The van der Waals surface area contributed by atoms with E-state index in [0.717, 1.165) is 32.4 Å². The van der Waals surface area contributed by atoms with Gasteiger partial charge in [0, 0.05) is 54.4 Å². The molecule has 9 rings (SSSR count). The number of likely N-dealkylation sites (tertiary alicyclic amines) is 1. The van der Waals surface area contributed by atoms with Crippen molar-refractivity contribution in [3.05, 3.63) is 136 Å². The molecule has 3 fully saturated rings. The molecule has 258 valence electrons. The van der Waals surface area contributed by atoms with E-state index in [2.05, 4.69) is 26.3 Å². The topological polar surface area (TPSA) is 91.8 Å². The molecule has 0 bridgehead atoms. The average Bonchev–Trinajstić information content (AvgIpc) is 3.75. The van der Waals surface area contributed by atoms with Crippen LogP contribution in [0.3, 0.4) is 0 Å². The van der Waals surface area contributed by atoms with Crippen molar-refractivity contribution in [2.24, 2.45) is 4.99 Å². The molecule has 0 radical (unpaired) electrons. The maximum Gasteiger partial charge on any atom is 0.323 e. The van der Waals surface area contributed by atoms with Gasteiger partial charge in [0.15, 0.2) is 16.4 Å². The number of para-hydroxylation sites is 1. The molecule has 5 heterocycles. The number of benzene rings is 4. The molecule has 1 N–H and O–H groups in total. The van der Waals surface area contributed by atoms with Crippen molar-refractivity contribution < 1.29 is 14.4 Å². The fourth-order valence-electron chi connectivity index (χ4n) is 9.56. The molecule has 0 saturated carbocycles. The summed E-state index contributed by atoms with van der Waals surface area (Å²) in [7, 11) is 5.47. The Morgan fingerprint density at radius 2 is 1.43 bits per heavy atom. The third-order valence-corrected chi connectivity index (χ3v) is 13.8. The number of hydrogen-bond acceptors (Lipinski definition) is 7. The second-order valence-corrected chi connectivity index (χ2v) is 15.9. The number of nitrogens with one attached hydrogen (secondary N) is 1. The number of carbonyl (C=O) groups is 3. The van der Waals surface area contributed by atoms with E-state index in [1.54, 1.807) is 28.9 Å². The summed E-state index contributed by atoms with van der Waals surface area (Å²) in [6.07, 6.45) is 0. The van der Waals surface area contributed by atoms with Crippen LogP contribution in [0.4, 0.5) is 10.5 Å². The van der Waals surface area contributed by atoms with Crippen LogP contribution in [0.2, 0.25) is 0 Å². The molecule has 12 heteroatoms. The molecule has 5 aliphatic heterocycles. The van der Waals surface area contributed by atoms with Crippen molar-refractivity contribution in [3.8, 4) is 0 Å². The number of fused-ring (bicyclic) bond motifs is 5. The minimum atomic E-state index is -1.38. The van der Waals surface area contributed by atoms with Crippen LogP contribution in [0.25, 0.3) is 0 Å². The average molecular weight is 763 g/mol. The van der Waals surface area contributed by atoms with Crippen molar-refractivity contribution in [2.45, 2.75) is 34.5 Å². The number of rotatable bonds is 4. The van der Waals surface area contributed by atoms with Gasteiger partial charge < -0.3 is 4.90 Å². The molecule has 3 saturated heterocycles. The highest BCUT2D eigenvalue weighted by molar-refractivity contribution is 9.10. The molecule has 5 aliphatic rings. The number of nitrogens with zero attached hydrogens (tertiary/aromatic N) is 6. The number of thioether (sulfide) groups is 1. The Hall–Kier alpha value is -4.49. The van der Waals surface area contributed by atoms with Gasteiger partial charge in [-0.2, -0.15) is 5.43 Å². The lowest BCUT2D eigenvalue weighted by Crippen LogP contribution is -2.72. The monoisotopic (exact) mass is 761 g/mol. The molecule has 5 atom stereocenters. The highest BCUT2D eigenvalue weighted by Crippen LogP contribution is 2.68. The molecular formula is C39H36BrN7O3S. The van der Waals surface area contributed by atoms with Gasteiger partial charge in [-0.1, -0.05) is 119 Å². The Bertz CT molecular complexity index is 2150. The molecule has 0 aliphatic carbocycles. The Balaban J connectivity index is 1.35. The van der Waals surface area contributed by atoms with Gasteiger partial charge in [-0.15, -0.1) is 0 Å². The van der Waals surface area contributed by atoms with Gasteiger partial charge in [0.25, 0.3) is 11.8 Å². The molecule has 0 unspecified atom stereocenters. The molecule has 10 nitrogen and oxygen atoms in total. The number of aliphatic imine (C=N–C) groups is 1. The maximum absolute atomic E-state index is 16.0. The number of amidine groups is 1. The summed E-state index contributed by atoms with van der Waals surface area (Å²) in [4.78, 5) is 58.2. The van der Waals surface area contributed by atoms with Gasteiger partial charge in [0.1, 0.15) is 4.75 Å². The summed E-state index contributed by atoms with van der Waals surface area (Å²) >= 11 is 4.94. The van der Waals surface area contributed by atoms with Gasteiger partial charge >= 0.3 is 6.03 Å². The first-order valence-corrected chi connectivity index (χ1v) is 18.6. The van der Waals surface area contributed by atoms with Crippen LogP contribution in [0, 0.1) is 0 Å². The normalized spacial score (nSPS) is 31.2. The van der Waals surface area contributed by atoms with E-state index in [9.17, 15) is 4.79 Å². The van der Waals surface area contributed by atoms with Gasteiger partial charge in [-0.25, -0.2) is 14.8 Å². The third-order valence-electron chi connectivity index (χ3n) is 11.7. The Morgan fingerprint density at radius 1 is 0.804 bits per heavy atom. The first-order valence-electron chi connectivity index (χ1n) is 17.0. The second-order valence-electron chi connectivity index (χ2n) is 13.8. The van der Waals surface area contributed by atoms with Crippen LogP contribution in [-0.4, -0.2) is 81.7 Å². The van der Waals surface area contributed by atoms with Gasteiger partial charge in [0.2, 0.25) is 5.66 Å². The van der Waals surface area contributed by atoms with Crippen molar-refractivity contribution in [2.75, 3.05) is 39.1 Å². The van der Waals surface area contributed by atoms with Crippen LogP contribution >= 0.6 is 27.7 Å². The Labute approximate surface area is 309 Å². The van der Waals surface area contributed by atoms with Gasteiger partial charge in [-0.05, 0) is 43.3 Å². The minimum Gasteiger partial charge on any atom is -0.310 e. The first kappa shape index (κ1) is 32.4. The number of hydrogen-bond donors (Lipinski definition) is 1. The summed E-state index contributed by atoms with van der Waals surface area (Å²) < 4.78 is -0.457. The predicted molar refractivity (Wildman–Crippen MR) is 201 cm³/mol. The molecule has 4 aromatic carbocycles.